The minimum atomic E-state index is -0.478. The lowest BCUT2D eigenvalue weighted by atomic mass is 10.2. The van der Waals surface area contributed by atoms with Crippen molar-refractivity contribution >= 4 is 22.5 Å². The Hall–Kier alpha value is -1.88. The van der Waals surface area contributed by atoms with E-state index in [1.165, 1.54) is 16.2 Å². The summed E-state index contributed by atoms with van der Waals surface area (Å²) in [7, 11) is 0. The van der Waals surface area contributed by atoms with E-state index in [2.05, 4.69) is 18.8 Å². The third-order valence-electron chi connectivity index (χ3n) is 2.76. The van der Waals surface area contributed by atoms with E-state index in [9.17, 15) is 4.79 Å². The molecule has 0 aliphatic heterocycles. The van der Waals surface area contributed by atoms with Gasteiger partial charge in [-0.25, -0.2) is 9.78 Å². The van der Waals surface area contributed by atoms with Crippen molar-refractivity contribution in [3.05, 3.63) is 47.0 Å². The number of carbonyl (C=O) groups excluding carboxylic acids is 1. The van der Waals surface area contributed by atoms with E-state index in [-0.39, 0.29) is 0 Å². The second-order valence-electron chi connectivity index (χ2n) is 4.61. The molecule has 0 saturated heterocycles. The van der Waals surface area contributed by atoms with Gasteiger partial charge < -0.3 is 5.73 Å². The van der Waals surface area contributed by atoms with Gasteiger partial charge in [0, 0.05) is 11.1 Å². The van der Waals surface area contributed by atoms with Crippen molar-refractivity contribution < 1.29 is 4.79 Å². The number of thiazole rings is 1. The van der Waals surface area contributed by atoms with Gasteiger partial charge in [-0.15, -0.1) is 11.3 Å². The van der Waals surface area contributed by atoms with Crippen LogP contribution in [0.25, 0.3) is 0 Å². The fourth-order valence-electron chi connectivity index (χ4n) is 1.67. The van der Waals surface area contributed by atoms with E-state index >= 15 is 0 Å². The maximum Gasteiger partial charge on any atom is 0.321 e. The second kappa shape index (κ2) is 5.84. The number of nitrogens with zero attached hydrogens (tertiary/aromatic N) is 2. The molecule has 0 aliphatic rings. The largest absolute Gasteiger partial charge is 0.351 e. The SMILES string of the molecule is CC(C)c1cnc(N(Cc2ccccc2)C(N)=O)s1. The van der Waals surface area contributed by atoms with E-state index < -0.39 is 6.03 Å². The lowest BCUT2D eigenvalue weighted by molar-refractivity contribution is 0.253. The van der Waals surface area contributed by atoms with Gasteiger partial charge in [-0.1, -0.05) is 44.2 Å². The van der Waals surface area contributed by atoms with E-state index in [0.29, 0.717) is 17.6 Å². The first-order chi connectivity index (χ1) is 9.08. The second-order valence-corrected chi connectivity index (χ2v) is 5.65. The van der Waals surface area contributed by atoms with Gasteiger partial charge >= 0.3 is 6.03 Å². The average Bonchev–Trinajstić information content (AvgIpc) is 2.86. The van der Waals surface area contributed by atoms with Crippen LogP contribution in [-0.4, -0.2) is 11.0 Å². The van der Waals surface area contributed by atoms with Gasteiger partial charge in [0.2, 0.25) is 0 Å². The van der Waals surface area contributed by atoms with Gasteiger partial charge in [0.25, 0.3) is 0 Å². The van der Waals surface area contributed by atoms with Crippen LogP contribution in [0.15, 0.2) is 36.5 Å². The predicted molar refractivity (Wildman–Crippen MR) is 78.4 cm³/mol. The molecule has 0 saturated carbocycles. The molecule has 0 unspecified atom stereocenters. The fourth-order valence-corrected chi connectivity index (χ4v) is 2.60. The molecule has 19 heavy (non-hydrogen) atoms. The summed E-state index contributed by atoms with van der Waals surface area (Å²) in [6.45, 7) is 4.65. The molecule has 0 spiro atoms. The molecule has 0 aliphatic carbocycles. The van der Waals surface area contributed by atoms with Crippen LogP contribution >= 0.6 is 11.3 Å². The zero-order valence-electron chi connectivity index (χ0n) is 11.0. The highest BCUT2D eigenvalue weighted by Gasteiger charge is 2.17. The van der Waals surface area contributed by atoms with Gasteiger partial charge in [-0.2, -0.15) is 0 Å². The number of amides is 2. The van der Waals surface area contributed by atoms with Crippen LogP contribution in [0, 0.1) is 0 Å². The molecule has 2 rings (SSSR count). The summed E-state index contributed by atoms with van der Waals surface area (Å²) >= 11 is 1.51. The predicted octanol–water partition coefficient (Wildman–Crippen LogP) is 3.35. The van der Waals surface area contributed by atoms with Gasteiger partial charge in [-0.05, 0) is 11.5 Å². The molecular formula is C14H17N3OS. The molecule has 4 nitrogen and oxygen atoms in total. The topological polar surface area (TPSA) is 59.2 Å². The van der Waals surface area contributed by atoms with E-state index in [1.54, 1.807) is 0 Å². The number of carbonyl (C=O) groups is 1. The number of aromatic nitrogens is 1. The Morgan fingerprint density at radius 1 is 1.37 bits per heavy atom. The number of hydrogen-bond acceptors (Lipinski definition) is 3. The van der Waals surface area contributed by atoms with Crippen LogP contribution in [0.4, 0.5) is 9.93 Å². The van der Waals surface area contributed by atoms with Gasteiger partial charge in [0.05, 0.1) is 6.54 Å². The summed E-state index contributed by atoms with van der Waals surface area (Å²) in [5.41, 5.74) is 6.49. The van der Waals surface area contributed by atoms with Crippen LogP contribution in [0.5, 0.6) is 0 Å². The first-order valence-electron chi connectivity index (χ1n) is 6.14. The molecule has 0 fully saturated rings. The fraction of sp³-hybridized carbons (Fsp3) is 0.286. The van der Waals surface area contributed by atoms with Crippen molar-refractivity contribution in [3.63, 3.8) is 0 Å². The minimum Gasteiger partial charge on any atom is -0.351 e. The first kappa shape index (κ1) is 13.5. The average molecular weight is 275 g/mol. The maximum atomic E-state index is 11.6. The van der Waals surface area contributed by atoms with Crippen molar-refractivity contribution in [1.82, 2.24) is 4.98 Å². The summed E-state index contributed by atoms with van der Waals surface area (Å²) in [4.78, 5) is 18.6. The summed E-state index contributed by atoms with van der Waals surface area (Å²) in [5.74, 6) is 0.401. The third kappa shape index (κ3) is 3.32. The van der Waals surface area contributed by atoms with Gasteiger partial charge in [-0.3, -0.25) is 4.90 Å². The highest BCUT2D eigenvalue weighted by Crippen LogP contribution is 2.28. The molecule has 1 aromatic heterocycles. The lowest BCUT2D eigenvalue weighted by Crippen LogP contribution is -2.35. The van der Waals surface area contributed by atoms with Crippen molar-refractivity contribution in [1.29, 1.82) is 0 Å². The van der Waals surface area contributed by atoms with Gasteiger partial charge in [0.1, 0.15) is 0 Å². The summed E-state index contributed by atoms with van der Waals surface area (Å²) < 4.78 is 0. The molecule has 0 atom stereocenters. The molecule has 0 radical (unpaired) electrons. The minimum absolute atomic E-state index is 0.401. The smallest absolute Gasteiger partial charge is 0.321 e. The van der Waals surface area contributed by atoms with E-state index in [0.717, 1.165) is 10.4 Å². The lowest BCUT2D eigenvalue weighted by Gasteiger charge is -2.17. The number of anilines is 1. The van der Waals surface area contributed by atoms with E-state index in [1.807, 2.05) is 36.5 Å². The summed E-state index contributed by atoms with van der Waals surface area (Å²) in [6, 6.07) is 9.28. The number of urea groups is 1. The molecule has 1 heterocycles. The molecule has 5 heteroatoms. The number of hydrogen-bond donors (Lipinski definition) is 1. The molecule has 1 aromatic carbocycles. The van der Waals surface area contributed by atoms with Crippen molar-refractivity contribution in [2.45, 2.75) is 26.3 Å². The molecule has 2 N–H and O–H groups in total. The highest BCUT2D eigenvalue weighted by molar-refractivity contribution is 7.15. The third-order valence-corrected chi connectivity index (χ3v) is 4.08. The van der Waals surface area contributed by atoms with Gasteiger partial charge in [0.15, 0.2) is 5.13 Å². The molecule has 100 valence electrons. The Kier molecular flexibility index (Phi) is 4.16. The van der Waals surface area contributed by atoms with Crippen LogP contribution in [0.3, 0.4) is 0 Å². The Morgan fingerprint density at radius 3 is 2.58 bits per heavy atom. The quantitative estimate of drug-likeness (QED) is 0.930. The normalized spacial score (nSPS) is 10.7. The molecule has 2 aromatic rings. The standard InChI is InChI=1S/C14H17N3OS/c1-10(2)12-8-16-14(19-12)17(13(15)18)9-11-6-4-3-5-7-11/h3-8,10H,9H2,1-2H3,(H2,15,18). The monoisotopic (exact) mass is 275 g/mol. The first-order valence-corrected chi connectivity index (χ1v) is 6.96. The Labute approximate surface area is 116 Å². The highest BCUT2D eigenvalue weighted by atomic mass is 32.1. The van der Waals surface area contributed by atoms with Crippen LogP contribution in [0.2, 0.25) is 0 Å². The summed E-state index contributed by atoms with van der Waals surface area (Å²) in [6.07, 6.45) is 1.81. The zero-order valence-corrected chi connectivity index (χ0v) is 11.9. The number of rotatable bonds is 4. The van der Waals surface area contributed by atoms with Crippen molar-refractivity contribution in [3.8, 4) is 0 Å². The zero-order chi connectivity index (χ0) is 13.8. The number of benzene rings is 1. The van der Waals surface area contributed by atoms with Crippen molar-refractivity contribution in [2.24, 2.45) is 5.73 Å². The maximum absolute atomic E-state index is 11.6. The number of nitrogens with two attached hydrogens (primary N) is 1. The Bertz CT molecular complexity index is 551. The van der Waals surface area contributed by atoms with Crippen LogP contribution in [0.1, 0.15) is 30.2 Å². The van der Waals surface area contributed by atoms with Crippen LogP contribution < -0.4 is 10.6 Å². The van der Waals surface area contributed by atoms with Crippen LogP contribution in [-0.2, 0) is 6.54 Å². The number of primary amides is 1. The van der Waals surface area contributed by atoms with Crippen molar-refractivity contribution in [2.75, 3.05) is 4.90 Å². The molecular weight excluding hydrogens is 258 g/mol. The Balaban J connectivity index is 2.22. The van der Waals surface area contributed by atoms with E-state index in [4.69, 9.17) is 5.73 Å². The molecule has 2 amide bonds. The summed E-state index contributed by atoms with van der Waals surface area (Å²) in [5, 5.41) is 0.653. The molecule has 0 bridgehead atoms. The Morgan fingerprint density at radius 2 is 2.05 bits per heavy atom.